The lowest BCUT2D eigenvalue weighted by Gasteiger charge is -2.11. The molecule has 3 aromatic rings. The van der Waals surface area contributed by atoms with E-state index in [-0.39, 0.29) is 11.7 Å². The van der Waals surface area contributed by atoms with Crippen molar-refractivity contribution in [3.63, 3.8) is 0 Å². The summed E-state index contributed by atoms with van der Waals surface area (Å²) < 4.78 is 13.0. The number of aromatic nitrogens is 1. The average Bonchev–Trinajstić information content (AvgIpc) is 3.40. The van der Waals surface area contributed by atoms with Gasteiger partial charge in [-0.2, -0.15) is 0 Å². The Morgan fingerprint density at radius 3 is 2.57 bits per heavy atom. The second kappa shape index (κ2) is 5.47. The molecule has 0 atom stereocenters. The van der Waals surface area contributed by atoms with Gasteiger partial charge in [-0.25, -0.2) is 4.39 Å². The standard InChI is InChI=1S/C19H15FN2O/c20-14-8-6-13(7-9-14)19(23)22-18-11-21-10-17-15(12-4-5-12)2-1-3-16(17)18/h1-3,6-12H,4-5H2,(H,22,23). The van der Waals surface area contributed by atoms with Gasteiger partial charge in [0.25, 0.3) is 5.91 Å². The van der Waals surface area contributed by atoms with E-state index in [9.17, 15) is 9.18 Å². The molecule has 23 heavy (non-hydrogen) atoms. The molecule has 1 saturated carbocycles. The first-order valence-electron chi connectivity index (χ1n) is 7.66. The zero-order chi connectivity index (χ0) is 15.8. The Kier molecular flexibility index (Phi) is 3.30. The van der Waals surface area contributed by atoms with E-state index >= 15 is 0 Å². The normalized spacial score (nSPS) is 14.0. The maximum atomic E-state index is 13.0. The van der Waals surface area contributed by atoms with E-state index in [0.717, 1.165) is 10.8 Å². The van der Waals surface area contributed by atoms with Crippen LogP contribution in [-0.2, 0) is 0 Å². The number of hydrogen-bond donors (Lipinski definition) is 1. The third kappa shape index (κ3) is 2.68. The van der Waals surface area contributed by atoms with Crippen molar-refractivity contribution in [1.29, 1.82) is 0 Å². The number of rotatable bonds is 3. The van der Waals surface area contributed by atoms with Gasteiger partial charge in [0.05, 0.1) is 11.9 Å². The predicted molar refractivity (Wildman–Crippen MR) is 88.1 cm³/mol. The Labute approximate surface area is 133 Å². The van der Waals surface area contributed by atoms with Crippen molar-refractivity contribution >= 4 is 22.4 Å². The van der Waals surface area contributed by atoms with E-state index < -0.39 is 0 Å². The number of amides is 1. The van der Waals surface area contributed by atoms with Gasteiger partial charge in [0.15, 0.2) is 0 Å². The van der Waals surface area contributed by atoms with Crippen molar-refractivity contribution in [3.8, 4) is 0 Å². The molecular formula is C19H15FN2O. The van der Waals surface area contributed by atoms with E-state index in [1.54, 1.807) is 6.20 Å². The summed E-state index contributed by atoms with van der Waals surface area (Å²) >= 11 is 0. The number of carbonyl (C=O) groups is 1. The molecule has 0 bridgehead atoms. The summed E-state index contributed by atoms with van der Waals surface area (Å²) in [5.74, 6) is -0.0119. The average molecular weight is 306 g/mol. The van der Waals surface area contributed by atoms with Crippen molar-refractivity contribution in [3.05, 3.63) is 71.8 Å². The maximum Gasteiger partial charge on any atom is 0.255 e. The fourth-order valence-electron chi connectivity index (χ4n) is 2.86. The summed E-state index contributed by atoms with van der Waals surface area (Å²) in [5, 5.41) is 4.96. The predicted octanol–water partition coefficient (Wildman–Crippen LogP) is 4.50. The summed E-state index contributed by atoms with van der Waals surface area (Å²) in [5.41, 5.74) is 2.40. The zero-order valence-corrected chi connectivity index (χ0v) is 12.4. The van der Waals surface area contributed by atoms with Crippen LogP contribution in [-0.4, -0.2) is 10.9 Å². The van der Waals surface area contributed by atoms with Crippen molar-refractivity contribution in [1.82, 2.24) is 4.98 Å². The lowest BCUT2D eigenvalue weighted by Crippen LogP contribution is -2.12. The summed E-state index contributed by atoms with van der Waals surface area (Å²) in [7, 11) is 0. The van der Waals surface area contributed by atoms with Crippen molar-refractivity contribution in [2.24, 2.45) is 0 Å². The Morgan fingerprint density at radius 2 is 1.83 bits per heavy atom. The highest BCUT2D eigenvalue weighted by molar-refractivity contribution is 6.09. The second-order valence-electron chi connectivity index (χ2n) is 5.86. The van der Waals surface area contributed by atoms with E-state index in [2.05, 4.69) is 16.4 Å². The molecule has 1 heterocycles. The summed E-state index contributed by atoms with van der Waals surface area (Å²) in [4.78, 5) is 16.6. The van der Waals surface area contributed by atoms with Crippen molar-refractivity contribution < 1.29 is 9.18 Å². The molecule has 0 spiro atoms. The van der Waals surface area contributed by atoms with Crippen molar-refractivity contribution in [2.45, 2.75) is 18.8 Å². The molecule has 114 valence electrons. The topological polar surface area (TPSA) is 42.0 Å². The van der Waals surface area contributed by atoms with E-state index in [0.29, 0.717) is 17.2 Å². The number of fused-ring (bicyclic) bond motifs is 1. The van der Waals surface area contributed by atoms with E-state index in [1.165, 1.54) is 42.7 Å². The molecule has 1 aliphatic rings. The molecule has 0 radical (unpaired) electrons. The number of hydrogen-bond acceptors (Lipinski definition) is 2. The van der Waals surface area contributed by atoms with Gasteiger partial charge in [-0.1, -0.05) is 18.2 Å². The van der Waals surface area contributed by atoms with Crippen LogP contribution in [0.5, 0.6) is 0 Å². The molecule has 2 aromatic carbocycles. The Bertz CT molecular complexity index is 886. The molecule has 1 fully saturated rings. The van der Waals surface area contributed by atoms with Crippen LogP contribution in [0.25, 0.3) is 10.8 Å². The molecule has 0 unspecified atom stereocenters. The molecule has 0 aliphatic heterocycles. The lowest BCUT2D eigenvalue weighted by atomic mass is 10.0. The third-order valence-corrected chi connectivity index (χ3v) is 4.21. The quantitative estimate of drug-likeness (QED) is 0.774. The minimum Gasteiger partial charge on any atom is -0.320 e. The number of nitrogens with zero attached hydrogens (tertiary/aromatic N) is 1. The molecule has 3 nitrogen and oxygen atoms in total. The summed E-state index contributed by atoms with van der Waals surface area (Å²) in [6, 6.07) is 11.6. The van der Waals surface area contributed by atoms with E-state index in [4.69, 9.17) is 0 Å². The SMILES string of the molecule is O=C(Nc1cncc2c(C3CC3)cccc12)c1ccc(F)cc1. The zero-order valence-electron chi connectivity index (χ0n) is 12.4. The molecule has 1 N–H and O–H groups in total. The highest BCUT2D eigenvalue weighted by Crippen LogP contribution is 2.43. The van der Waals surface area contributed by atoms with Crippen molar-refractivity contribution in [2.75, 3.05) is 5.32 Å². The van der Waals surface area contributed by atoms with Crippen LogP contribution < -0.4 is 5.32 Å². The Hall–Kier alpha value is -2.75. The number of nitrogens with one attached hydrogen (secondary N) is 1. The van der Waals surface area contributed by atoms with E-state index in [1.807, 2.05) is 18.3 Å². The van der Waals surface area contributed by atoms with Crippen LogP contribution in [0.1, 0.15) is 34.7 Å². The van der Waals surface area contributed by atoms with Gasteiger partial charge in [-0.3, -0.25) is 9.78 Å². The fourth-order valence-corrected chi connectivity index (χ4v) is 2.86. The van der Waals surface area contributed by atoms with Crippen LogP contribution in [0.2, 0.25) is 0 Å². The first kappa shape index (κ1) is 13.9. The maximum absolute atomic E-state index is 13.0. The van der Waals surface area contributed by atoms with Crippen LogP contribution in [0, 0.1) is 5.82 Å². The molecule has 4 rings (SSSR count). The molecule has 0 saturated heterocycles. The Morgan fingerprint density at radius 1 is 1.04 bits per heavy atom. The molecular weight excluding hydrogens is 291 g/mol. The summed E-state index contributed by atoms with van der Waals surface area (Å²) in [6.07, 6.45) is 5.94. The Balaban J connectivity index is 1.70. The highest BCUT2D eigenvalue weighted by atomic mass is 19.1. The highest BCUT2D eigenvalue weighted by Gasteiger charge is 2.25. The van der Waals surface area contributed by atoms with Crippen LogP contribution in [0.4, 0.5) is 10.1 Å². The summed E-state index contributed by atoms with van der Waals surface area (Å²) in [6.45, 7) is 0. The van der Waals surface area contributed by atoms with Crippen LogP contribution >= 0.6 is 0 Å². The van der Waals surface area contributed by atoms with Gasteiger partial charge in [0.1, 0.15) is 5.82 Å². The fraction of sp³-hybridized carbons (Fsp3) is 0.158. The number of benzene rings is 2. The third-order valence-electron chi connectivity index (χ3n) is 4.21. The molecule has 1 aromatic heterocycles. The second-order valence-corrected chi connectivity index (χ2v) is 5.86. The number of carbonyl (C=O) groups excluding carboxylic acids is 1. The number of anilines is 1. The molecule has 4 heteroatoms. The number of halogens is 1. The monoisotopic (exact) mass is 306 g/mol. The van der Waals surface area contributed by atoms with Crippen LogP contribution in [0.15, 0.2) is 54.9 Å². The first-order chi connectivity index (χ1) is 11.2. The minimum absolute atomic E-state index is 0.267. The van der Waals surface area contributed by atoms with Gasteiger partial charge >= 0.3 is 0 Å². The van der Waals surface area contributed by atoms with Gasteiger partial charge in [0, 0.05) is 22.5 Å². The first-order valence-corrected chi connectivity index (χ1v) is 7.66. The van der Waals surface area contributed by atoms with Crippen LogP contribution in [0.3, 0.4) is 0 Å². The van der Waals surface area contributed by atoms with Gasteiger partial charge in [-0.05, 0) is 48.6 Å². The molecule has 1 aliphatic carbocycles. The lowest BCUT2D eigenvalue weighted by molar-refractivity contribution is 0.102. The van der Waals surface area contributed by atoms with Gasteiger partial charge in [0.2, 0.25) is 0 Å². The van der Waals surface area contributed by atoms with Gasteiger partial charge in [-0.15, -0.1) is 0 Å². The minimum atomic E-state index is -0.359. The molecule has 1 amide bonds. The number of pyridine rings is 1. The van der Waals surface area contributed by atoms with Gasteiger partial charge < -0.3 is 5.32 Å². The largest absolute Gasteiger partial charge is 0.320 e. The smallest absolute Gasteiger partial charge is 0.255 e.